The molecular weight excluding hydrogens is 243 g/mol. The number of nitrogens with one attached hydrogen (secondary N) is 1. The number of nitrogens with zero attached hydrogens (tertiary/aromatic N) is 1. The highest BCUT2D eigenvalue weighted by atomic mass is 19.1. The van der Waals surface area contributed by atoms with Crippen molar-refractivity contribution in [3.8, 4) is 5.75 Å². The first-order chi connectivity index (χ1) is 9.33. The lowest BCUT2D eigenvalue weighted by molar-refractivity contribution is 0.105. The maximum Gasteiger partial charge on any atom is 0.123 e. The summed E-state index contributed by atoms with van der Waals surface area (Å²) in [6.45, 7) is 5.09. The predicted octanol–water partition coefficient (Wildman–Crippen LogP) is 1.89. The van der Waals surface area contributed by atoms with Crippen LogP contribution in [0.25, 0.3) is 0 Å². The lowest BCUT2D eigenvalue weighted by Crippen LogP contribution is -2.46. The molecule has 3 rings (SSSR count). The number of likely N-dealkylation sites (tertiary alicyclic amines) is 1. The van der Waals surface area contributed by atoms with Gasteiger partial charge >= 0.3 is 0 Å². The summed E-state index contributed by atoms with van der Waals surface area (Å²) in [5.74, 6) is 1.35. The van der Waals surface area contributed by atoms with E-state index in [0.29, 0.717) is 12.6 Å². The number of piperidine rings is 1. The van der Waals surface area contributed by atoms with Crippen molar-refractivity contribution in [3.05, 3.63) is 30.1 Å². The van der Waals surface area contributed by atoms with Crippen LogP contribution in [0.4, 0.5) is 4.39 Å². The Bertz CT molecular complexity index is 409. The average molecular weight is 264 g/mol. The van der Waals surface area contributed by atoms with E-state index in [1.807, 2.05) is 0 Å². The maximum absolute atomic E-state index is 12.8. The Kier molecular flexibility index (Phi) is 3.99. The average Bonchev–Trinajstić information content (AvgIpc) is 2.90. The van der Waals surface area contributed by atoms with Crippen molar-refractivity contribution in [3.63, 3.8) is 0 Å². The summed E-state index contributed by atoms with van der Waals surface area (Å²) in [4.78, 5) is 2.54. The summed E-state index contributed by atoms with van der Waals surface area (Å²) in [6.07, 6.45) is 2.65. The highest BCUT2D eigenvalue weighted by Gasteiger charge is 2.34. The molecule has 104 valence electrons. The van der Waals surface area contributed by atoms with Crippen LogP contribution in [0.2, 0.25) is 0 Å². The molecule has 1 N–H and O–H groups in total. The van der Waals surface area contributed by atoms with Crippen LogP contribution in [-0.2, 0) is 0 Å². The lowest BCUT2D eigenvalue weighted by atomic mass is 9.92. The van der Waals surface area contributed by atoms with Crippen LogP contribution >= 0.6 is 0 Å². The predicted molar refractivity (Wildman–Crippen MR) is 72.8 cm³/mol. The molecule has 4 heteroatoms. The number of fused-ring (bicyclic) bond motifs is 1. The van der Waals surface area contributed by atoms with Gasteiger partial charge in [-0.15, -0.1) is 0 Å². The Morgan fingerprint density at radius 2 is 2.11 bits per heavy atom. The van der Waals surface area contributed by atoms with Crippen molar-refractivity contribution in [2.45, 2.75) is 18.9 Å². The summed E-state index contributed by atoms with van der Waals surface area (Å²) in [6, 6.07) is 6.93. The topological polar surface area (TPSA) is 24.5 Å². The van der Waals surface area contributed by atoms with E-state index < -0.39 is 0 Å². The Balaban J connectivity index is 1.48. The Labute approximate surface area is 113 Å². The van der Waals surface area contributed by atoms with E-state index in [4.69, 9.17) is 4.74 Å². The molecule has 1 aromatic carbocycles. The van der Waals surface area contributed by atoms with Gasteiger partial charge in [0.15, 0.2) is 0 Å². The van der Waals surface area contributed by atoms with Crippen molar-refractivity contribution >= 4 is 0 Å². The zero-order valence-electron chi connectivity index (χ0n) is 11.1. The maximum atomic E-state index is 12.8. The first-order valence-corrected chi connectivity index (χ1v) is 7.16. The first kappa shape index (κ1) is 12.9. The molecule has 2 aliphatic heterocycles. The molecular formula is C15H21FN2O. The number of rotatable bonds is 4. The SMILES string of the molecule is Fc1ccc(OCCN2CCCC3CNCC32)cc1. The zero-order valence-corrected chi connectivity index (χ0v) is 11.1. The van der Waals surface area contributed by atoms with Gasteiger partial charge in [-0.3, -0.25) is 4.90 Å². The summed E-state index contributed by atoms with van der Waals surface area (Å²) in [5.41, 5.74) is 0. The van der Waals surface area contributed by atoms with E-state index in [9.17, 15) is 4.39 Å². The Morgan fingerprint density at radius 1 is 1.26 bits per heavy atom. The summed E-state index contributed by atoms with van der Waals surface area (Å²) >= 11 is 0. The van der Waals surface area contributed by atoms with Gasteiger partial charge in [-0.05, 0) is 56.1 Å². The fourth-order valence-corrected chi connectivity index (χ4v) is 3.25. The van der Waals surface area contributed by atoms with Crippen LogP contribution in [0, 0.1) is 11.7 Å². The molecule has 0 saturated carbocycles. The van der Waals surface area contributed by atoms with Crippen LogP contribution in [0.3, 0.4) is 0 Å². The molecule has 2 fully saturated rings. The third kappa shape index (κ3) is 3.07. The lowest BCUT2D eigenvalue weighted by Gasteiger charge is -2.36. The largest absolute Gasteiger partial charge is 0.492 e. The monoisotopic (exact) mass is 264 g/mol. The third-order valence-corrected chi connectivity index (χ3v) is 4.25. The Morgan fingerprint density at radius 3 is 2.95 bits per heavy atom. The van der Waals surface area contributed by atoms with E-state index in [-0.39, 0.29) is 5.82 Å². The molecule has 2 heterocycles. The molecule has 0 bridgehead atoms. The number of ether oxygens (including phenoxy) is 1. The van der Waals surface area contributed by atoms with E-state index >= 15 is 0 Å². The normalized spacial score (nSPS) is 27.2. The van der Waals surface area contributed by atoms with Gasteiger partial charge in [0.1, 0.15) is 18.2 Å². The van der Waals surface area contributed by atoms with Gasteiger partial charge in [-0.1, -0.05) is 0 Å². The molecule has 0 spiro atoms. The second-order valence-electron chi connectivity index (χ2n) is 5.47. The molecule has 2 atom stereocenters. The summed E-state index contributed by atoms with van der Waals surface area (Å²) in [5, 5.41) is 3.48. The van der Waals surface area contributed by atoms with Crippen LogP contribution in [0.15, 0.2) is 24.3 Å². The van der Waals surface area contributed by atoms with Crippen LogP contribution < -0.4 is 10.1 Å². The molecule has 0 radical (unpaired) electrons. The minimum atomic E-state index is -0.219. The van der Waals surface area contributed by atoms with Gasteiger partial charge < -0.3 is 10.1 Å². The van der Waals surface area contributed by atoms with Crippen molar-refractivity contribution in [1.29, 1.82) is 0 Å². The van der Waals surface area contributed by atoms with Gasteiger partial charge in [-0.25, -0.2) is 4.39 Å². The third-order valence-electron chi connectivity index (χ3n) is 4.25. The van der Waals surface area contributed by atoms with E-state index in [1.54, 1.807) is 12.1 Å². The summed E-state index contributed by atoms with van der Waals surface area (Å²) < 4.78 is 18.5. The minimum Gasteiger partial charge on any atom is -0.492 e. The van der Waals surface area contributed by atoms with Crippen LogP contribution in [0.1, 0.15) is 12.8 Å². The molecule has 2 aliphatic rings. The van der Waals surface area contributed by atoms with E-state index in [0.717, 1.165) is 24.8 Å². The van der Waals surface area contributed by atoms with Gasteiger partial charge in [-0.2, -0.15) is 0 Å². The van der Waals surface area contributed by atoms with E-state index in [2.05, 4.69) is 10.2 Å². The first-order valence-electron chi connectivity index (χ1n) is 7.16. The zero-order chi connectivity index (χ0) is 13.1. The quantitative estimate of drug-likeness (QED) is 0.899. The molecule has 1 aromatic rings. The number of hydrogen-bond donors (Lipinski definition) is 1. The minimum absolute atomic E-state index is 0.219. The molecule has 3 nitrogen and oxygen atoms in total. The van der Waals surface area contributed by atoms with Crippen molar-refractivity contribution < 1.29 is 9.13 Å². The van der Waals surface area contributed by atoms with Crippen LogP contribution in [0.5, 0.6) is 5.75 Å². The smallest absolute Gasteiger partial charge is 0.123 e. The standard InChI is InChI=1S/C15H21FN2O/c16-13-3-5-14(6-4-13)19-9-8-18-7-1-2-12-10-17-11-15(12)18/h3-6,12,15,17H,1-2,7-11H2. The second-order valence-corrected chi connectivity index (χ2v) is 5.47. The molecule has 0 aliphatic carbocycles. The van der Waals surface area contributed by atoms with Crippen molar-refractivity contribution in [1.82, 2.24) is 10.2 Å². The van der Waals surface area contributed by atoms with Gasteiger partial charge in [0.05, 0.1) is 0 Å². The second kappa shape index (κ2) is 5.88. The molecule has 19 heavy (non-hydrogen) atoms. The molecule has 2 saturated heterocycles. The van der Waals surface area contributed by atoms with Gasteiger partial charge in [0.25, 0.3) is 0 Å². The number of halogens is 1. The molecule has 2 unspecified atom stereocenters. The fraction of sp³-hybridized carbons (Fsp3) is 0.600. The van der Waals surface area contributed by atoms with Gasteiger partial charge in [0.2, 0.25) is 0 Å². The number of benzene rings is 1. The van der Waals surface area contributed by atoms with Crippen molar-refractivity contribution in [2.75, 3.05) is 32.8 Å². The van der Waals surface area contributed by atoms with Crippen molar-refractivity contribution in [2.24, 2.45) is 5.92 Å². The highest BCUT2D eigenvalue weighted by molar-refractivity contribution is 5.21. The van der Waals surface area contributed by atoms with E-state index in [1.165, 1.54) is 38.1 Å². The molecule has 0 amide bonds. The molecule has 0 aromatic heterocycles. The van der Waals surface area contributed by atoms with Crippen LogP contribution in [-0.4, -0.2) is 43.7 Å². The summed E-state index contributed by atoms with van der Waals surface area (Å²) in [7, 11) is 0. The highest BCUT2D eigenvalue weighted by Crippen LogP contribution is 2.26. The fourth-order valence-electron chi connectivity index (χ4n) is 3.25. The number of hydrogen-bond acceptors (Lipinski definition) is 3. The Hall–Kier alpha value is -1.13. The van der Waals surface area contributed by atoms with Gasteiger partial charge in [0, 0.05) is 19.1 Å².